The van der Waals surface area contributed by atoms with Crippen molar-refractivity contribution < 1.29 is 9.90 Å². The van der Waals surface area contributed by atoms with E-state index in [-0.39, 0.29) is 11.7 Å². The molecule has 0 bridgehead atoms. The summed E-state index contributed by atoms with van der Waals surface area (Å²) in [5.74, 6) is -0.230. The van der Waals surface area contributed by atoms with Crippen LogP contribution in [0.5, 0.6) is 5.75 Å². The Kier molecular flexibility index (Phi) is 6.15. The minimum Gasteiger partial charge on any atom is -0.508 e. The van der Waals surface area contributed by atoms with E-state index < -0.39 is 6.04 Å². The molecule has 4 aromatic rings. The summed E-state index contributed by atoms with van der Waals surface area (Å²) in [7, 11) is 0. The number of nitrogens with zero attached hydrogens (tertiary/aromatic N) is 3. The molecule has 1 aliphatic heterocycles. The SMILES string of the molecule is NCc1ccccc1-c1ccc(C(=O)N2N=C(c3cccnc3)CC2c2c(O)cccc2Cl)s1. The fraction of sp³-hybridized carbons (Fsp3) is 0.115. The first-order valence-electron chi connectivity index (χ1n) is 10.7. The fourth-order valence-electron chi connectivity index (χ4n) is 4.14. The number of carbonyl (C=O) groups is 1. The van der Waals surface area contributed by atoms with Crippen LogP contribution in [0.3, 0.4) is 0 Å². The number of halogens is 1. The van der Waals surface area contributed by atoms with Gasteiger partial charge in [0, 0.05) is 46.4 Å². The van der Waals surface area contributed by atoms with E-state index in [9.17, 15) is 9.90 Å². The lowest BCUT2D eigenvalue weighted by Gasteiger charge is -2.23. The summed E-state index contributed by atoms with van der Waals surface area (Å²) in [4.78, 5) is 19.4. The third-order valence-electron chi connectivity index (χ3n) is 5.80. The quantitative estimate of drug-likeness (QED) is 0.381. The van der Waals surface area contributed by atoms with Crippen LogP contribution in [0.1, 0.15) is 38.8 Å². The van der Waals surface area contributed by atoms with Crippen molar-refractivity contribution in [1.29, 1.82) is 0 Å². The highest BCUT2D eigenvalue weighted by molar-refractivity contribution is 7.17. The van der Waals surface area contributed by atoms with Gasteiger partial charge in [-0.1, -0.05) is 48.0 Å². The van der Waals surface area contributed by atoms with Gasteiger partial charge in [0.05, 0.1) is 16.6 Å². The molecule has 1 unspecified atom stereocenters. The second kappa shape index (κ2) is 9.38. The first-order chi connectivity index (χ1) is 16.6. The van der Waals surface area contributed by atoms with Crippen LogP contribution in [0.4, 0.5) is 0 Å². The summed E-state index contributed by atoms with van der Waals surface area (Å²) in [5, 5.41) is 17.1. The minimum atomic E-state index is -0.543. The lowest BCUT2D eigenvalue weighted by atomic mass is 9.98. The van der Waals surface area contributed by atoms with Gasteiger partial charge in [-0.25, -0.2) is 5.01 Å². The Morgan fingerprint density at radius 1 is 1.12 bits per heavy atom. The highest BCUT2D eigenvalue weighted by atomic mass is 35.5. The molecule has 0 radical (unpaired) electrons. The van der Waals surface area contributed by atoms with Gasteiger partial charge < -0.3 is 10.8 Å². The van der Waals surface area contributed by atoms with Crippen LogP contribution in [-0.4, -0.2) is 26.7 Å². The van der Waals surface area contributed by atoms with Crippen molar-refractivity contribution in [2.75, 3.05) is 0 Å². The van der Waals surface area contributed by atoms with Crippen LogP contribution in [0.2, 0.25) is 5.02 Å². The van der Waals surface area contributed by atoms with Gasteiger partial charge in [0.15, 0.2) is 0 Å². The van der Waals surface area contributed by atoms with E-state index in [0.717, 1.165) is 21.6 Å². The van der Waals surface area contributed by atoms with E-state index in [4.69, 9.17) is 17.3 Å². The van der Waals surface area contributed by atoms with Crippen LogP contribution < -0.4 is 5.73 Å². The smallest absolute Gasteiger partial charge is 0.284 e. The molecule has 3 N–H and O–H groups in total. The monoisotopic (exact) mass is 488 g/mol. The molecule has 0 saturated carbocycles. The molecule has 8 heteroatoms. The van der Waals surface area contributed by atoms with Gasteiger partial charge in [0.25, 0.3) is 5.91 Å². The van der Waals surface area contributed by atoms with E-state index in [1.165, 1.54) is 16.3 Å². The Morgan fingerprint density at radius 2 is 1.97 bits per heavy atom. The van der Waals surface area contributed by atoms with Crippen LogP contribution in [0.25, 0.3) is 10.4 Å². The van der Waals surface area contributed by atoms with Crippen molar-refractivity contribution in [3.8, 4) is 16.2 Å². The Bertz CT molecular complexity index is 1370. The van der Waals surface area contributed by atoms with Gasteiger partial charge >= 0.3 is 0 Å². The minimum absolute atomic E-state index is 0.0293. The van der Waals surface area contributed by atoms with Crippen molar-refractivity contribution in [3.63, 3.8) is 0 Å². The molecule has 5 rings (SSSR count). The fourth-order valence-corrected chi connectivity index (χ4v) is 5.43. The summed E-state index contributed by atoms with van der Waals surface area (Å²) in [6.45, 7) is 0.413. The zero-order valence-electron chi connectivity index (χ0n) is 18.1. The third kappa shape index (κ3) is 4.09. The second-order valence-electron chi connectivity index (χ2n) is 7.86. The average molecular weight is 489 g/mol. The van der Waals surface area contributed by atoms with Gasteiger partial charge in [-0.15, -0.1) is 11.3 Å². The number of thiophene rings is 1. The number of benzene rings is 2. The number of nitrogens with two attached hydrogens (primary N) is 1. The van der Waals surface area contributed by atoms with Crippen molar-refractivity contribution in [1.82, 2.24) is 9.99 Å². The largest absolute Gasteiger partial charge is 0.508 e. The van der Waals surface area contributed by atoms with Gasteiger partial charge in [-0.3, -0.25) is 9.78 Å². The number of aromatic nitrogens is 1. The van der Waals surface area contributed by atoms with Crippen LogP contribution in [0.15, 0.2) is 84.2 Å². The molecule has 34 heavy (non-hydrogen) atoms. The summed E-state index contributed by atoms with van der Waals surface area (Å²) in [6, 6.07) is 19.7. The topological polar surface area (TPSA) is 91.8 Å². The molecule has 0 spiro atoms. The van der Waals surface area contributed by atoms with Crippen molar-refractivity contribution >= 4 is 34.6 Å². The van der Waals surface area contributed by atoms with Crippen LogP contribution in [0, 0.1) is 0 Å². The molecular weight excluding hydrogens is 468 g/mol. The molecule has 2 aromatic carbocycles. The van der Waals surface area contributed by atoms with Gasteiger partial charge in [-0.05, 0) is 41.5 Å². The number of aromatic hydroxyl groups is 1. The predicted octanol–water partition coefficient (Wildman–Crippen LogP) is 5.62. The van der Waals surface area contributed by atoms with Crippen molar-refractivity contribution in [2.24, 2.45) is 10.8 Å². The van der Waals surface area contributed by atoms with E-state index in [1.54, 1.807) is 36.7 Å². The first-order valence-corrected chi connectivity index (χ1v) is 11.9. The highest BCUT2D eigenvalue weighted by Crippen LogP contribution is 2.42. The number of hydrogen-bond donors (Lipinski definition) is 2. The number of hydrazone groups is 1. The predicted molar refractivity (Wildman–Crippen MR) is 135 cm³/mol. The molecule has 2 aromatic heterocycles. The van der Waals surface area contributed by atoms with E-state index in [0.29, 0.717) is 34.1 Å². The molecule has 0 saturated heterocycles. The number of rotatable bonds is 5. The molecular formula is C26H21ClN4O2S. The van der Waals surface area contributed by atoms with Crippen molar-refractivity contribution in [3.05, 3.63) is 106 Å². The van der Waals surface area contributed by atoms with Crippen LogP contribution in [-0.2, 0) is 6.54 Å². The Labute approximate surface area is 206 Å². The van der Waals surface area contributed by atoms with Gasteiger partial charge in [-0.2, -0.15) is 5.10 Å². The second-order valence-corrected chi connectivity index (χ2v) is 9.35. The summed E-state index contributed by atoms with van der Waals surface area (Å²) < 4.78 is 0. The maximum Gasteiger partial charge on any atom is 0.284 e. The number of pyridine rings is 1. The van der Waals surface area contributed by atoms with Crippen molar-refractivity contribution in [2.45, 2.75) is 19.0 Å². The Balaban J connectivity index is 1.54. The molecule has 6 nitrogen and oxygen atoms in total. The number of phenols is 1. The molecule has 0 aliphatic carbocycles. The lowest BCUT2D eigenvalue weighted by molar-refractivity contribution is 0.0715. The van der Waals surface area contributed by atoms with E-state index in [1.807, 2.05) is 42.5 Å². The number of hydrogen-bond acceptors (Lipinski definition) is 6. The standard InChI is InChI=1S/C26H21ClN4O2S/c27-19-8-3-9-22(32)25(19)21-13-20(17-6-4-12-29-15-17)30-31(21)26(33)24-11-10-23(34-24)18-7-2-1-5-16(18)14-28/h1-12,15,21,32H,13-14,28H2. The van der Waals surface area contributed by atoms with Gasteiger partial charge in [0.1, 0.15) is 5.75 Å². The first kappa shape index (κ1) is 22.3. The van der Waals surface area contributed by atoms with E-state index in [2.05, 4.69) is 10.1 Å². The zero-order valence-corrected chi connectivity index (χ0v) is 19.6. The molecule has 3 heterocycles. The molecule has 0 fully saturated rings. The summed E-state index contributed by atoms with van der Waals surface area (Å²) >= 11 is 7.86. The lowest BCUT2D eigenvalue weighted by Crippen LogP contribution is -2.26. The van der Waals surface area contributed by atoms with Crippen LogP contribution >= 0.6 is 22.9 Å². The maximum atomic E-state index is 13.7. The third-order valence-corrected chi connectivity index (χ3v) is 7.23. The Hall–Kier alpha value is -3.52. The molecule has 170 valence electrons. The average Bonchev–Trinajstić information content (AvgIpc) is 3.52. The number of amides is 1. The molecule has 1 aliphatic rings. The van der Waals surface area contributed by atoms with Gasteiger partial charge in [0.2, 0.25) is 0 Å². The zero-order chi connectivity index (χ0) is 23.7. The summed E-state index contributed by atoms with van der Waals surface area (Å²) in [6.07, 6.45) is 3.80. The highest BCUT2D eigenvalue weighted by Gasteiger charge is 2.37. The summed E-state index contributed by atoms with van der Waals surface area (Å²) in [5.41, 5.74) is 9.93. The van der Waals surface area contributed by atoms with E-state index >= 15 is 0 Å². The molecule has 1 amide bonds. The maximum absolute atomic E-state index is 13.7. The number of phenolic OH excluding ortho intramolecular Hbond substituents is 1. The molecule has 1 atom stereocenters. The normalized spacial score (nSPS) is 15.4. The Morgan fingerprint density at radius 3 is 2.74 bits per heavy atom. The number of carbonyl (C=O) groups excluding carboxylic acids is 1.